The van der Waals surface area contributed by atoms with Gasteiger partial charge in [0, 0.05) is 24.2 Å². The topological polar surface area (TPSA) is 60.8 Å². The van der Waals surface area contributed by atoms with Crippen molar-refractivity contribution in [1.29, 1.82) is 0 Å². The third kappa shape index (κ3) is 2.99. The number of amides is 1. The van der Waals surface area contributed by atoms with Gasteiger partial charge in [0.25, 0.3) is 5.91 Å². The van der Waals surface area contributed by atoms with Crippen LogP contribution in [0.5, 0.6) is 5.75 Å². The highest BCUT2D eigenvalue weighted by Gasteiger charge is 2.34. The predicted octanol–water partition coefficient (Wildman–Crippen LogP) is 2.78. The minimum Gasteiger partial charge on any atom is -0.507 e. The van der Waals surface area contributed by atoms with Crippen LogP contribution in [-0.4, -0.2) is 40.7 Å². The number of piperidine rings is 1. The summed E-state index contributed by atoms with van der Waals surface area (Å²) >= 11 is 3.26. The molecule has 1 saturated heterocycles. The smallest absolute Gasteiger partial charge is 0.257 e. The fraction of sp³-hybridized carbons (Fsp3) is 0.533. The SMILES string of the molecule is CCC1(CO)CCN(C(=O)c2ccc(Br)cc2O)CC1. The van der Waals surface area contributed by atoms with Gasteiger partial charge in [0.1, 0.15) is 5.75 Å². The van der Waals surface area contributed by atoms with Gasteiger partial charge in [-0.2, -0.15) is 0 Å². The highest BCUT2D eigenvalue weighted by Crippen LogP contribution is 2.35. The number of aliphatic hydroxyl groups is 1. The number of aliphatic hydroxyl groups excluding tert-OH is 1. The normalized spacial score (nSPS) is 18.1. The largest absolute Gasteiger partial charge is 0.507 e. The van der Waals surface area contributed by atoms with Gasteiger partial charge >= 0.3 is 0 Å². The van der Waals surface area contributed by atoms with Gasteiger partial charge in [-0.05, 0) is 42.9 Å². The van der Waals surface area contributed by atoms with Crippen LogP contribution in [0.1, 0.15) is 36.5 Å². The van der Waals surface area contributed by atoms with E-state index in [0.29, 0.717) is 18.7 Å². The lowest BCUT2D eigenvalue weighted by Gasteiger charge is -2.40. The number of aromatic hydroxyl groups is 1. The minimum absolute atomic E-state index is 0.00105. The quantitative estimate of drug-likeness (QED) is 0.888. The van der Waals surface area contributed by atoms with Crippen LogP contribution in [0, 0.1) is 5.41 Å². The van der Waals surface area contributed by atoms with Crippen molar-refractivity contribution in [1.82, 2.24) is 4.90 Å². The van der Waals surface area contributed by atoms with E-state index < -0.39 is 0 Å². The molecule has 0 bridgehead atoms. The molecule has 1 aliphatic rings. The van der Waals surface area contributed by atoms with Crippen molar-refractivity contribution in [3.8, 4) is 5.75 Å². The van der Waals surface area contributed by atoms with Crippen molar-refractivity contribution in [3.05, 3.63) is 28.2 Å². The van der Waals surface area contributed by atoms with Gasteiger partial charge in [-0.15, -0.1) is 0 Å². The van der Waals surface area contributed by atoms with Crippen molar-refractivity contribution in [3.63, 3.8) is 0 Å². The lowest BCUT2D eigenvalue weighted by atomic mass is 9.77. The summed E-state index contributed by atoms with van der Waals surface area (Å²) in [4.78, 5) is 14.2. The molecule has 5 heteroatoms. The Morgan fingerprint density at radius 1 is 1.40 bits per heavy atom. The molecule has 0 aromatic heterocycles. The molecule has 2 N–H and O–H groups in total. The van der Waals surface area contributed by atoms with Crippen LogP contribution in [0.4, 0.5) is 0 Å². The summed E-state index contributed by atoms with van der Waals surface area (Å²) in [6.07, 6.45) is 2.54. The monoisotopic (exact) mass is 341 g/mol. The number of rotatable bonds is 3. The van der Waals surface area contributed by atoms with Crippen LogP contribution in [0.2, 0.25) is 0 Å². The predicted molar refractivity (Wildman–Crippen MR) is 80.8 cm³/mol. The van der Waals surface area contributed by atoms with E-state index >= 15 is 0 Å². The van der Waals surface area contributed by atoms with Crippen molar-refractivity contribution in [2.45, 2.75) is 26.2 Å². The molecule has 4 nitrogen and oxygen atoms in total. The van der Waals surface area contributed by atoms with Crippen molar-refractivity contribution >= 4 is 21.8 Å². The first kappa shape index (κ1) is 15.3. The molecular weight excluding hydrogens is 322 g/mol. The molecule has 2 rings (SSSR count). The van der Waals surface area contributed by atoms with E-state index in [1.165, 1.54) is 6.07 Å². The number of carbonyl (C=O) groups excluding carboxylic acids is 1. The molecule has 1 heterocycles. The third-order valence-electron chi connectivity index (χ3n) is 4.39. The first-order valence-electron chi connectivity index (χ1n) is 6.90. The van der Waals surface area contributed by atoms with Crippen molar-refractivity contribution in [2.24, 2.45) is 5.41 Å². The molecular formula is C15H20BrNO3. The molecule has 1 aromatic carbocycles. The van der Waals surface area contributed by atoms with Crippen LogP contribution in [0.15, 0.2) is 22.7 Å². The standard InChI is InChI=1S/C15H20BrNO3/c1-2-15(10-18)5-7-17(8-6-15)14(20)12-4-3-11(16)9-13(12)19/h3-4,9,18-19H,2,5-8,10H2,1H3. The number of phenols is 1. The molecule has 1 fully saturated rings. The van der Waals surface area contributed by atoms with E-state index in [4.69, 9.17) is 0 Å². The zero-order chi connectivity index (χ0) is 14.8. The Bertz CT molecular complexity index is 490. The van der Waals surface area contributed by atoms with Gasteiger partial charge in [0.05, 0.1) is 5.56 Å². The molecule has 0 saturated carbocycles. The fourth-order valence-corrected chi connectivity index (χ4v) is 3.01. The van der Waals surface area contributed by atoms with E-state index in [0.717, 1.165) is 23.7 Å². The van der Waals surface area contributed by atoms with Gasteiger partial charge in [0.15, 0.2) is 0 Å². The number of hydrogen-bond donors (Lipinski definition) is 2. The zero-order valence-electron chi connectivity index (χ0n) is 11.6. The molecule has 1 aliphatic heterocycles. The Balaban J connectivity index is 2.09. The number of nitrogens with zero attached hydrogens (tertiary/aromatic N) is 1. The first-order chi connectivity index (χ1) is 9.51. The lowest BCUT2D eigenvalue weighted by Crippen LogP contribution is -2.44. The summed E-state index contributed by atoms with van der Waals surface area (Å²) < 4.78 is 0.746. The van der Waals surface area contributed by atoms with E-state index in [2.05, 4.69) is 22.9 Å². The maximum atomic E-state index is 12.4. The van der Waals surface area contributed by atoms with Crippen LogP contribution in [0.25, 0.3) is 0 Å². The maximum Gasteiger partial charge on any atom is 0.257 e. The summed E-state index contributed by atoms with van der Waals surface area (Å²) in [6, 6.07) is 4.91. The molecule has 20 heavy (non-hydrogen) atoms. The second-order valence-corrected chi connectivity index (χ2v) is 6.38. The molecule has 0 aliphatic carbocycles. The average molecular weight is 342 g/mol. The van der Waals surface area contributed by atoms with E-state index in [1.54, 1.807) is 17.0 Å². The Labute approximate surface area is 127 Å². The molecule has 0 atom stereocenters. The molecule has 1 aromatic rings. The lowest BCUT2D eigenvalue weighted by molar-refractivity contribution is 0.0336. The Morgan fingerprint density at radius 3 is 2.55 bits per heavy atom. The highest BCUT2D eigenvalue weighted by atomic mass is 79.9. The van der Waals surface area contributed by atoms with Crippen LogP contribution >= 0.6 is 15.9 Å². The van der Waals surface area contributed by atoms with Gasteiger partial charge in [-0.3, -0.25) is 4.79 Å². The zero-order valence-corrected chi connectivity index (χ0v) is 13.2. The minimum atomic E-state index is -0.141. The van der Waals surface area contributed by atoms with Crippen LogP contribution in [0.3, 0.4) is 0 Å². The van der Waals surface area contributed by atoms with E-state index in [1.807, 2.05) is 0 Å². The molecule has 0 radical (unpaired) electrons. The number of likely N-dealkylation sites (tertiary alicyclic amines) is 1. The Kier molecular flexibility index (Phi) is 4.70. The first-order valence-corrected chi connectivity index (χ1v) is 7.69. The summed E-state index contributed by atoms with van der Waals surface area (Å²) in [7, 11) is 0. The van der Waals surface area contributed by atoms with Gasteiger partial charge in [-0.1, -0.05) is 22.9 Å². The summed E-state index contributed by atoms with van der Waals surface area (Å²) in [5.41, 5.74) is 0.291. The average Bonchev–Trinajstić information content (AvgIpc) is 2.47. The number of hydrogen-bond acceptors (Lipinski definition) is 3. The number of halogens is 1. The van der Waals surface area contributed by atoms with E-state index in [-0.39, 0.29) is 23.7 Å². The van der Waals surface area contributed by atoms with Crippen LogP contribution < -0.4 is 0 Å². The van der Waals surface area contributed by atoms with Crippen molar-refractivity contribution in [2.75, 3.05) is 19.7 Å². The summed E-state index contributed by atoms with van der Waals surface area (Å²) in [5.74, 6) is -0.142. The third-order valence-corrected chi connectivity index (χ3v) is 4.88. The second-order valence-electron chi connectivity index (χ2n) is 5.47. The second kappa shape index (κ2) is 6.14. The molecule has 1 amide bonds. The number of benzene rings is 1. The highest BCUT2D eigenvalue weighted by molar-refractivity contribution is 9.10. The van der Waals surface area contributed by atoms with Crippen LogP contribution in [-0.2, 0) is 0 Å². The summed E-state index contributed by atoms with van der Waals surface area (Å²) in [6.45, 7) is 3.51. The molecule has 0 unspecified atom stereocenters. The van der Waals surface area contributed by atoms with Gasteiger partial charge < -0.3 is 15.1 Å². The Hall–Kier alpha value is -1.07. The van der Waals surface area contributed by atoms with Gasteiger partial charge in [0.2, 0.25) is 0 Å². The van der Waals surface area contributed by atoms with E-state index in [9.17, 15) is 15.0 Å². The molecule has 110 valence electrons. The summed E-state index contributed by atoms with van der Waals surface area (Å²) in [5, 5.41) is 19.4. The fourth-order valence-electron chi connectivity index (χ4n) is 2.66. The maximum absolute atomic E-state index is 12.4. The van der Waals surface area contributed by atoms with Crippen molar-refractivity contribution < 1.29 is 15.0 Å². The number of carbonyl (C=O) groups is 1. The molecule has 0 spiro atoms. The Morgan fingerprint density at radius 2 is 2.05 bits per heavy atom. The van der Waals surface area contributed by atoms with Gasteiger partial charge in [-0.25, -0.2) is 0 Å². The number of phenolic OH excluding ortho intramolecular Hbond substituents is 1.